The molecule has 0 aromatic heterocycles. The molecule has 2 aromatic carbocycles. The van der Waals surface area contributed by atoms with E-state index in [-0.39, 0.29) is 11.6 Å². The molecule has 0 unspecified atom stereocenters. The summed E-state index contributed by atoms with van der Waals surface area (Å²) < 4.78 is 22.9. The van der Waals surface area contributed by atoms with Crippen molar-refractivity contribution in [3.8, 4) is 11.5 Å². The predicted octanol–water partition coefficient (Wildman–Crippen LogP) is 2.81. The van der Waals surface area contributed by atoms with Gasteiger partial charge in [-0.25, -0.2) is 0 Å². The van der Waals surface area contributed by atoms with Crippen LogP contribution in [0.1, 0.15) is 31.8 Å². The van der Waals surface area contributed by atoms with Gasteiger partial charge in [0.15, 0.2) is 0 Å². The topological polar surface area (TPSA) is 71.1 Å². The van der Waals surface area contributed by atoms with Crippen LogP contribution in [0.3, 0.4) is 0 Å². The van der Waals surface area contributed by atoms with E-state index in [1.165, 1.54) is 0 Å². The molecular formula is C22H22O6Se. The van der Waals surface area contributed by atoms with Crippen molar-refractivity contribution < 1.29 is 28.5 Å². The van der Waals surface area contributed by atoms with Gasteiger partial charge in [-0.2, -0.15) is 0 Å². The average Bonchev–Trinajstić information content (AvgIpc) is 2.74. The summed E-state index contributed by atoms with van der Waals surface area (Å²) >= 11 is 0.490. The second kappa shape index (κ2) is 9.55. The van der Waals surface area contributed by atoms with Gasteiger partial charge in [-0.1, -0.05) is 0 Å². The van der Waals surface area contributed by atoms with E-state index in [1.54, 1.807) is 36.4 Å². The zero-order chi connectivity index (χ0) is 20.1. The molecule has 4 rings (SSSR count). The number of carbonyl (C=O) groups excluding carboxylic acids is 2. The number of ketones is 2. The molecule has 0 atom stereocenters. The molecule has 6 nitrogen and oxygen atoms in total. The van der Waals surface area contributed by atoms with Crippen LogP contribution in [-0.2, 0) is 9.47 Å². The second-order valence-corrected chi connectivity index (χ2v) is 9.12. The second-order valence-electron chi connectivity index (χ2n) is 6.55. The molecule has 0 fully saturated rings. The molecule has 0 spiro atoms. The number of benzene rings is 2. The Bertz CT molecular complexity index is 841. The summed E-state index contributed by atoms with van der Waals surface area (Å²) in [5.41, 5.74) is 1.31. The molecule has 7 heteroatoms. The first-order chi connectivity index (χ1) is 14.3. The van der Waals surface area contributed by atoms with E-state index in [9.17, 15) is 9.59 Å². The Morgan fingerprint density at radius 2 is 1.14 bits per heavy atom. The Balaban J connectivity index is 1.67. The maximum atomic E-state index is 13.4. The van der Waals surface area contributed by atoms with Gasteiger partial charge in [-0.15, -0.1) is 0 Å². The van der Waals surface area contributed by atoms with Crippen molar-refractivity contribution in [2.45, 2.75) is 10.6 Å². The molecule has 0 amide bonds. The zero-order valence-corrected chi connectivity index (χ0v) is 17.7. The third kappa shape index (κ3) is 4.38. The Kier molecular flexibility index (Phi) is 6.62. The van der Waals surface area contributed by atoms with E-state index in [4.69, 9.17) is 18.9 Å². The van der Waals surface area contributed by atoms with Crippen molar-refractivity contribution in [3.05, 3.63) is 58.7 Å². The number of carbonyl (C=O) groups is 2. The van der Waals surface area contributed by atoms with Crippen LogP contribution in [0.5, 0.6) is 11.5 Å². The summed E-state index contributed by atoms with van der Waals surface area (Å²) in [5.74, 6) is 0.346. The maximum absolute atomic E-state index is 13.4. The summed E-state index contributed by atoms with van der Waals surface area (Å²) in [6.07, 6.45) is 0. The Labute approximate surface area is 175 Å². The van der Waals surface area contributed by atoms with E-state index in [0.29, 0.717) is 88.4 Å². The number of ether oxygens (including phenoxy) is 4. The van der Waals surface area contributed by atoms with Gasteiger partial charge in [-0.3, -0.25) is 0 Å². The van der Waals surface area contributed by atoms with Crippen molar-refractivity contribution >= 4 is 26.5 Å². The van der Waals surface area contributed by atoms with Crippen molar-refractivity contribution in [1.29, 1.82) is 0 Å². The number of rotatable bonds is 0. The van der Waals surface area contributed by atoms with E-state index >= 15 is 0 Å². The van der Waals surface area contributed by atoms with Crippen LogP contribution < -0.4 is 9.47 Å². The molecule has 2 aliphatic rings. The molecule has 0 saturated carbocycles. The molecule has 2 bridgehead atoms. The van der Waals surface area contributed by atoms with Gasteiger partial charge < -0.3 is 0 Å². The Morgan fingerprint density at radius 3 is 1.66 bits per heavy atom. The van der Waals surface area contributed by atoms with Gasteiger partial charge in [0.1, 0.15) is 0 Å². The zero-order valence-electron chi connectivity index (χ0n) is 16.0. The van der Waals surface area contributed by atoms with Crippen molar-refractivity contribution in [1.82, 2.24) is 0 Å². The van der Waals surface area contributed by atoms with Crippen molar-refractivity contribution in [2.24, 2.45) is 0 Å². The molecule has 29 heavy (non-hydrogen) atoms. The van der Waals surface area contributed by atoms with E-state index in [2.05, 4.69) is 0 Å². The van der Waals surface area contributed by atoms with Crippen molar-refractivity contribution in [2.75, 3.05) is 39.6 Å². The number of hydrogen-bond acceptors (Lipinski definition) is 6. The van der Waals surface area contributed by atoms with Gasteiger partial charge in [0.2, 0.25) is 0 Å². The molecule has 1 heterocycles. The fourth-order valence-corrected chi connectivity index (χ4v) is 4.80. The molecule has 1 aliphatic heterocycles. The monoisotopic (exact) mass is 462 g/mol. The van der Waals surface area contributed by atoms with Crippen LogP contribution >= 0.6 is 0 Å². The van der Waals surface area contributed by atoms with Gasteiger partial charge in [-0.05, 0) is 0 Å². The fraction of sp³-hybridized carbons (Fsp3) is 0.364. The molecule has 2 aromatic rings. The molecule has 0 saturated heterocycles. The van der Waals surface area contributed by atoms with E-state index < -0.39 is 0 Å². The third-order valence-electron chi connectivity index (χ3n) is 4.71. The van der Waals surface area contributed by atoms with Crippen LogP contribution in [-0.4, -0.2) is 66.2 Å². The van der Waals surface area contributed by atoms with Crippen molar-refractivity contribution in [3.63, 3.8) is 0 Å². The van der Waals surface area contributed by atoms with Crippen LogP contribution in [0.25, 0.3) is 0 Å². The number of hydrogen-bond donors (Lipinski definition) is 0. The Morgan fingerprint density at radius 1 is 0.621 bits per heavy atom. The van der Waals surface area contributed by atoms with Gasteiger partial charge in [0.05, 0.1) is 0 Å². The van der Waals surface area contributed by atoms with E-state index in [1.807, 2.05) is 0 Å². The summed E-state index contributed by atoms with van der Waals surface area (Å²) in [5, 5.41) is 2.05. The van der Waals surface area contributed by atoms with Gasteiger partial charge >= 0.3 is 175 Å². The fourth-order valence-electron chi connectivity index (χ4n) is 3.38. The van der Waals surface area contributed by atoms with Crippen LogP contribution in [0, 0.1) is 0 Å². The summed E-state index contributed by atoms with van der Waals surface area (Å²) in [4.78, 5) is 26.4. The van der Waals surface area contributed by atoms with Crippen LogP contribution in [0.2, 0.25) is 10.6 Å². The normalized spacial score (nSPS) is 18.2. The van der Waals surface area contributed by atoms with Gasteiger partial charge in [0.25, 0.3) is 0 Å². The summed E-state index contributed by atoms with van der Waals surface area (Å²) in [7, 11) is 0. The standard InChI is InChI=1S/C22H22O6Se/c23-21-15-3-1-5-17-19(15)22(24)20-16(21)4-2-6-18(20)28-10-8-26-12-14-29-13-11-25-7-9-27-17/h1-6H,7-14H2. The molecule has 0 radical (unpaired) electrons. The first-order valence-corrected chi connectivity index (χ1v) is 12.0. The summed E-state index contributed by atoms with van der Waals surface area (Å²) in [6, 6.07) is 10.2. The molecular weight excluding hydrogens is 439 g/mol. The van der Waals surface area contributed by atoms with E-state index in [0.717, 1.165) is 10.6 Å². The van der Waals surface area contributed by atoms with Gasteiger partial charge in [0, 0.05) is 0 Å². The first-order valence-electron chi connectivity index (χ1n) is 9.61. The average molecular weight is 461 g/mol. The SMILES string of the molecule is O=C1c2cccc3c2C(=O)c2c(cccc21)OCCOCC[Se]CCOCCO3. The van der Waals surface area contributed by atoms with Crippen LogP contribution in [0.15, 0.2) is 36.4 Å². The van der Waals surface area contributed by atoms with Crippen LogP contribution in [0.4, 0.5) is 0 Å². The first kappa shape index (κ1) is 20.1. The summed E-state index contributed by atoms with van der Waals surface area (Å²) in [6.45, 7) is 2.88. The third-order valence-corrected chi connectivity index (χ3v) is 6.62. The minimum atomic E-state index is -0.258. The molecule has 0 N–H and O–H groups in total. The Hall–Kier alpha value is -2.18. The quantitative estimate of drug-likeness (QED) is 0.480. The molecule has 152 valence electrons. The predicted molar refractivity (Wildman–Crippen MR) is 108 cm³/mol. The molecule has 1 aliphatic carbocycles. The minimum absolute atomic E-state index is 0.199.